The normalized spacial score (nSPS) is 19.5. The van der Waals surface area contributed by atoms with E-state index >= 15 is 0 Å². The van der Waals surface area contributed by atoms with Crippen molar-refractivity contribution < 1.29 is 14.4 Å². The minimum atomic E-state index is -0.873. The van der Waals surface area contributed by atoms with E-state index in [9.17, 15) is 14.4 Å². The Balaban J connectivity index is 1.28. The van der Waals surface area contributed by atoms with Crippen molar-refractivity contribution in [2.45, 2.75) is 18.9 Å². The monoisotopic (exact) mass is 407 g/mol. The van der Waals surface area contributed by atoms with Crippen molar-refractivity contribution in [1.82, 2.24) is 20.1 Å². The Bertz CT molecular complexity index is 925. The number of nitrogens with one attached hydrogen (secondary N) is 2. The largest absolute Gasteiger partial charge is 0.340 e. The summed E-state index contributed by atoms with van der Waals surface area (Å²) in [5.74, 6) is -0.824. The van der Waals surface area contributed by atoms with Crippen LogP contribution in [0.1, 0.15) is 22.3 Å². The van der Waals surface area contributed by atoms with Gasteiger partial charge in [-0.3, -0.25) is 24.3 Å². The number of pyridine rings is 1. The molecule has 156 valence electrons. The van der Waals surface area contributed by atoms with Gasteiger partial charge in [-0.2, -0.15) is 0 Å². The molecular formula is C22H25N5O3. The fourth-order valence-corrected chi connectivity index (χ4v) is 3.82. The van der Waals surface area contributed by atoms with E-state index in [1.807, 2.05) is 12.1 Å². The van der Waals surface area contributed by atoms with Crippen molar-refractivity contribution in [1.29, 1.82) is 0 Å². The fourth-order valence-electron chi connectivity index (χ4n) is 3.82. The van der Waals surface area contributed by atoms with E-state index in [0.717, 1.165) is 26.1 Å². The molecule has 0 bridgehead atoms. The standard InChI is InChI=1S/C22H25N5O3/c28-20(15-19-22(30)24-18-4-2-1-3-17(18)21(29)25-19)27-13-11-26(12-14-27)10-7-16-5-8-23-9-6-16/h1-6,8-9,19H,7,10-15H2,(H,24,30)(H,25,29)/t19-/m1/s1. The van der Waals surface area contributed by atoms with E-state index in [1.165, 1.54) is 5.56 Å². The van der Waals surface area contributed by atoms with Crippen molar-refractivity contribution in [3.63, 3.8) is 0 Å². The van der Waals surface area contributed by atoms with E-state index in [1.54, 1.807) is 41.6 Å². The summed E-state index contributed by atoms with van der Waals surface area (Å²) in [6.45, 7) is 3.78. The third-order valence-corrected chi connectivity index (χ3v) is 5.62. The molecule has 8 heteroatoms. The van der Waals surface area contributed by atoms with Crippen LogP contribution in [0.15, 0.2) is 48.8 Å². The zero-order chi connectivity index (χ0) is 20.9. The number of nitrogens with zero attached hydrogens (tertiary/aromatic N) is 3. The van der Waals surface area contributed by atoms with E-state index in [4.69, 9.17) is 0 Å². The summed E-state index contributed by atoms with van der Waals surface area (Å²) in [6, 6.07) is 10.00. The predicted molar refractivity (Wildman–Crippen MR) is 112 cm³/mol. The third-order valence-electron chi connectivity index (χ3n) is 5.62. The Morgan fingerprint density at radius 1 is 1.03 bits per heavy atom. The second-order valence-electron chi connectivity index (χ2n) is 7.59. The first-order valence-corrected chi connectivity index (χ1v) is 10.2. The van der Waals surface area contributed by atoms with Gasteiger partial charge in [0.15, 0.2) is 0 Å². The van der Waals surface area contributed by atoms with Gasteiger partial charge in [-0.05, 0) is 36.2 Å². The average Bonchev–Trinajstić information content (AvgIpc) is 2.89. The number of rotatable bonds is 5. The van der Waals surface area contributed by atoms with E-state index < -0.39 is 6.04 Å². The number of para-hydroxylation sites is 1. The molecule has 0 unspecified atom stereocenters. The zero-order valence-electron chi connectivity index (χ0n) is 16.7. The predicted octanol–water partition coefficient (Wildman–Crippen LogP) is 0.909. The van der Waals surface area contributed by atoms with E-state index in [-0.39, 0.29) is 24.1 Å². The highest BCUT2D eigenvalue weighted by Crippen LogP contribution is 2.19. The molecule has 2 aliphatic heterocycles. The molecule has 4 rings (SSSR count). The highest BCUT2D eigenvalue weighted by Gasteiger charge is 2.31. The highest BCUT2D eigenvalue weighted by atomic mass is 16.2. The lowest BCUT2D eigenvalue weighted by atomic mass is 10.1. The molecule has 2 aromatic rings. The number of benzene rings is 1. The molecular weight excluding hydrogens is 382 g/mol. The van der Waals surface area contributed by atoms with Gasteiger partial charge in [-0.15, -0.1) is 0 Å². The number of fused-ring (bicyclic) bond motifs is 1. The van der Waals surface area contributed by atoms with Gasteiger partial charge >= 0.3 is 0 Å². The van der Waals surface area contributed by atoms with Crippen LogP contribution >= 0.6 is 0 Å². The van der Waals surface area contributed by atoms with Crippen molar-refractivity contribution in [2.75, 3.05) is 38.0 Å². The minimum absolute atomic E-state index is 0.0391. The average molecular weight is 407 g/mol. The molecule has 8 nitrogen and oxygen atoms in total. The molecule has 1 aromatic heterocycles. The van der Waals surface area contributed by atoms with Crippen LogP contribution in [0.3, 0.4) is 0 Å². The maximum atomic E-state index is 12.8. The minimum Gasteiger partial charge on any atom is -0.340 e. The summed E-state index contributed by atoms with van der Waals surface area (Å²) in [5, 5.41) is 5.43. The van der Waals surface area contributed by atoms with Crippen molar-refractivity contribution in [3.05, 3.63) is 59.9 Å². The highest BCUT2D eigenvalue weighted by molar-refractivity contribution is 6.10. The summed E-state index contributed by atoms with van der Waals surface area (Å²) < 4.78 is 0. The third kappa shape index (κ3) is 4.65. The molecule has 1 fully saturated rings. The van der Waals surface area contributed by atoms with Crippen molar-refractivity contribution in [3.8, 4) is 0 Å². The first-order valence-electron chi connectivity index (χ1n) is 10.2. The molecule has 3 amide bonds. The van der Waals surface area contributed by atoms with Gasteiger partial charge < -0.3 is 15.5 Å². The first kappa shape index (κ1) is 20.0. The van der Waals surface area contributed by atoms with Gasteiger partial charge in [0, 0.05) is 45.1 Å². The summed E-state index contributed by atoms with van der Waals surface area (Å²) in [7, 11) is 0. The van der Waals surface area contributed by atoms with Crippen LogP contribution in [-0.2, 0) is 16.0 Å². The first-order chi connectivity index (χ1) is 14.6. The quantitative estimate of drug-likeness (QED) is 0.768. The zero-order valence-corrected chi connectivity index (χ0v) is 16.7. The number of hydrogen-bond acceptors (Lipinski definition) is 5. The van der Waals surface area contributed by atoms with Gasteiger partial charge in [0.2, 0.25) is 11.8 Å². The topological polar surface area (TPSA) is 94.6 Å². The smallest absolute Gasteiger partial charge is 0.254 e. The summed E-state index contributed by atoms with van der Waals surface area (Å²) >= 11 is 0. The molecule has 2 aliphatic rings. The molecule has 1 saturated heterocycles. The number of carbonyl (C=O) groups excluding carboxylic acids is 3. The van der Waals surface area contributed by atoms with Crippen LogP contribution in [0.4, 0.5) is 5.69 Å². The molecule has 3 heterocycles. The number of amides is 3. The molecule has 2 N–H and O–H groups in total. The number of anilines is 1. The summed E-state index contributed by atoms with van der Waals surface area (Å²) in [5.41, 5.74) is 2.13. The van der Waals surface area contributed by atoms with Gasteiger partial charge in [0.1, 0.15) is 6.04 Å². The number of piperazine rings is 1. The van der Waals surface area contributed by atoms with Gasteiger partial charge in [0.25, 0.3) is 5.91 Å². The van der Waals surface area contributed by atoms with E-state index in [0.29, 0.717) is 24.3 Å². The lowest BCUT2D eigenvalue weighted by Crippen LogP contribution is -2.51. The summed E-state index contributed by atoms with van der Waals surface area (Å²) in [4.78, 5) is 45.8. The van der Waals surface area contributed by atoms with Crippen LogP contribution in [0, 0.1) is 0 Å². The molecule has 1 aromatic carbocycles. The summed E-state index contributed by atoms with van der Waals surface area (Å²) in [6.07, 6.45) is 4.51. The van der Waals surface area contributed by atoms with Crippen LogP contribution in [-0.4, -0.2) is 71.3 Å². The van der Waals surface area contributed by atoms with Gasteiger partial charge in [-0.1, -0.05) is 12.1 Å². The number of carbonyl (C=O) groups is 3. The Kier molecular flexibility index (Phi) is 6.04. The van der Waals surface area contributed by atoms with Gasteiger partial charge in [-0.25, -0.2) is 0 Å². The molecule has 0 saturated carbocycles. The molecule has 1 atom stereocenters. The Labute approximate surface area is 175 Å². The van der Waals surface area contributed by atoms with Crippen LogP contribution in [0.5, 0.6) is 0 Å². The molecule has 0 aliphatic carbocycles. The second kappa shape index (κ2) is 9.04. The fraction of sp³-hybridized carbons (Fsp3) is 0.364. The van der Waals surface area contributed by atoms with Crippen LogP contribution in [0.25, 0.3) is 0 Å². The number of hydrogen-bond donors (Lipinski definition) is 2. The Morgan fingerprint density at radius 3 is 2.53 bits per heavy atom. The lowest BCUT2D eigenvalue weighted by molar-refractivity contribution is -0.135. The molecule has 30 heavy (non-hydrogen) atoms. The van der Waals surface area contributed by atoms with Gasteiger partial charge in [0.05, 0.1) is 17.7 Å². The van der Waals surface area contributed by atoms with Crippen molar-refractivity contribution in [2.24, 2.45) is 0 Å². The SMILES string of the molecule is O=C1N[C@H](CC(=O)N2CCN(CCc3ccncc3)CC2)C(=O)Nc2ccccc21. The Morgan fingerprint density at radius 2 is 1.77 bits per heavy atom. The van der Waals surface area contributed by atoms with Crippen molar-refractivity contribution >= 4 is 23.4 Å². The Hall–Kier alpha value is -3.26. The lowest BCUT2D eigenvalue weighted by Gasteiger charge is -2.35. The maximum absolute atomic E-state index is 12.8. The van der Waals surface area contributed by atoms with Crippen LogP contribution in [0.2, 0.25) is 0 Å². The molecule has 0 radical (unpaired) electrons. The number of aromatic nitrogens is 1. The van der Waals surface area contributed by atoms with Crippen LogP contribution < -0.4 is 10.6 Å². The second-order valence-corrected chi connectivity index (χ2v) is 7.59. The molecule has 0 spiro atoms. The van der Waals surface area contributed by atoms with E-state index in [2.05, 4.69) is 20.5 Å². The maximum Gasteiger partial charge on any atom is 0.254 e.